The summed E-state index contributed by atoms with van der Waals surface area (Å²) in [5.41, 5.74) is 2.03. The van der Waals surface area contributed by atoms with Crippen molar-refractivity contribution in [3.05, 3.63) is 59.4 Å². The lowest BCUT2D eigenvalue weighted by Crippen LogP contribution is -2.19. The van der Waals surface area contributed by atoms with Crippen LogP contribution in [-0.2, 0) is 11.3 Å². The molecule has 3 rings (SSSR count). The van der Waals surface area contributed by atoms with E-state index in [4.69, 9.17) is 14.2 Å². The summed E-state index contributed by atoms with van der Waals surface area (Å²) in [6.07, 6.45) is 1.76. The van der Waals surface area contributed by atoms with Crippen LogP contribution in [0.15, 0.2) is 54.0 Å². The van der Waals surface area contributed by atoms with Crippen molar-refractivity contribution in [2.24, 2.45) is 4.99 Å². The van der Waals surface area contributed by atoms with E-state index in [-0.39, 0.29) is 12.5 Å². The number of methoxy groups -OCH3 is 2. The molecule has 0 N–H and O–H groups in total. The number of carbonyl (C=O) groups is 1. The first-order valence-electron chi connectivity index (χ1n) is 8.69. The number of hydrogen-bond acceptors (Lipinski definition) is 5. The predicted molar refractivity (Wildman–Crippen MR) is 110 cm³/mol. The van der Waals surface area contributed by atoms with Gasteiger partial charge in [-0.15, -0.1) is 6.58 Å². The topological polar surface area (TPSA) is 62.1 Å². The Morgan fingerprint density at radius 1 is 1.18 bits per heavy atom. The molecule has 0 unspecified atom stereocenters. The summed E-state index contributed by atoms with van der Waals surface area (Å²) in [4.78, 5) is 17.2. The van der Waals surface area contributed by atoms with E-state index in [1.807, 2.05) is 47.9 Å². The second kappa shape index (κ2) is 8.75. The second-order valence-corrected chi connectivity index (χ2v) is 7.08. The average molecular weight is 398 g/mol. The van der Waals surface area contributed by atoms with E-state index in [1.54, 1.807) is 20.3 Å². The summed E-state index contributed by atoms with van der Waals surface area (Å²) in [7, 11) is 3.18. The summed E-state index contributed by atoms with van der Waals surface area (Å²) < 4.78 is 19.1. The number of thiazole rings is 1. The van der Waals surface area contributed by atoms with Gasteiger partial charge in [0.25, 0.3) is 5.91 Å². The standard InChI is InChI=1S/C21H22N2O4S/c1-5-10-23-16-11-17(25-3)18(26-4)12-19(16)28-21(23)22-20(24)13-27-15-8-6-14(2)7-9-15/h5-9,11-12H,1,10,13H2,2-4H3. The van der Waals surface area contributed by atoms with Gasteiger partial charge in [0.1, 0.15) is 5.75 Å². The Labute approximate surface area is 167 Å². The van der Waals surface area contributed by atoms with Crippen LogP contribution in [-0.4, -0.2) is 31.3 Å². The molecule has 1 aromatic heterocycles. The zero-order valence-electron chi connectivity index (χ0n) is 16.1. The highest BCUT2D eigenvalue weighted by molar-refractivity contribution is 7.16. The van der Waals surface area contributed by atoms with Crippen LogP contribution in [0.1, 0.15) is 5.56 Å². The third kappa shape index (κ3) is 4.26. The molecular weight excluding hydrogens is 376 g/mol. The highest BCUT2D eigenvalue weighted by Gasteiger charge is 2.13. The van der Waals surface area contributed by atoms with Gasteiger partial charge in [-0.25, -0.2) is 0 Å². The van der Waals surface area contributed by atoms with E-state index >= 15 is 0 Å². The number of aromatic nitrogens is 1. The lowest BCUT2D eigenvalue weighted by atomic mass is 10.2. The maximum Gasteiger partial charge on any atom is 0.286 e. The molecule has 6 nitrogen and oxygen atoms in total. The third-order valence-corrected chi connectivity index (χ3v) is 5.14. The van der Waals surface area contributed by atoms with E-state index < -0.39 is 0 Å². The van der Waals surface area contributed by atoms with Gasteiger partial charge in [-0.2, -0.15) is 4.99 Å². The van der Waals surface area contributed by atoms with Gasteiger partial charge in [-0.05, 0) is 19.1 Å². The van der Waals surface area contributed by atoms with Crippen molar-refractivity contribution in [2.75, 3.05) is 20.8 Å². The fourth-order valence-electron chi connectivity index (χ4n) is 2.71. The maximum atomic E-state index is 12.4. The Hall–Kier alpha value is -3.06. The summed E-state index contributed by atoms with van der Waals surface area (Å²) in [6.45, 7) is 6.18. The molecule has 28 heavy (non-hydrogen) atoms. The number of fused-ring (bicyclic) bond motifs is 1. The van der Waals surface area contributed by atoms with Crippen molar-refractivity contribution >= 4 is 27.5 Å². The first-order valence-corrected chi connectivity index (χ1v) is 9.50. The van der Waals surface area contributed by atoms with Crippen molar-refractivity contribution in [1.82, 2.24) is 4.57 Å². The highest BCUT2D eigenvalue weighted by atomic mass is 32.1. The van der Waals surface area contributed by atoms with Crippen LogP contribution in [0.5, 0.6) is 17.2 Å². The van der Waals surface area contributed by atoms with E-state index in [0.717, 1.165) is 15.8 Å². The lowest BCUT2D eigenvalue weighted by Gasteiger charge is -2.08. The van der Waals surface area contributed by atoms with E-state index in [0.29, 0.717) is 28.6 Å². The zero-order chi connectivity index (χ0) is 20.1. The molecule has 2 aromatic carbocycles. The van der Waals surface area contributed by atoms with Gasteiger partial charge in [-0.1, -0.05) is 35.1 Å². The Kier molecular flexibility index (Phi) is 6.16. The number of rotatable bonds is 7. The number of hydrogen-bond donors (Lipinski definition) is 0. The van der Waals surface area contributed by atoms with E-state index in [2.05, 4.69) is 11.6 Å². The molecule has 1 amide bonds. The molecule has 0 aliphatic rings. The molecule has 0 bridgehead atoms. The summed E-state index contributed by atoms with van der Waals surface area (Å²) in [6, 6.07) is 11.3. The molecule has 146 valence electrons. The first kappa shape index (κ1) is 19.7. The molecule has 3 aromatic rings. The normalized spacial score (nSPS) is 11.5. The van der Waals surface area contributed by atoms with Crippen molar-refractivity contribution < 1.29 is 19.0 Å². The number of allylic oxidation sites excluding steroid dienone is 1. The maximum absolute atomic E-state index is 12.4. The monoisotopic (exact) mass is 398 g/mol. The van der Waals surface area contributed by atoms with Crippen molar-refractivity contribution in [1.29, 1.82) is 0 Å². The van der Waals surface area contributed by atoms with Crippen molar-refractivity contribution in [2.45, 2.75) is 13.5 Å². The Morgan fingerprint density at radius 3 is 2.50 bits per heavy atom. The third-order valence-electron chi connectivity index (χ3n) is 4.10. The molecule has 0 fully saturated rings. The number of nitrogens with zero attached hydrogens (tertiary/aromatic N) is 2. The molecule has 7 heteroatoms. The van der Waals surface area contributed by atoms with Gasteiger partial charge in [0.15, 0.2) is 22.9 Å². The van der Waals surface area contributed by atoms with Crippen LogP contribution in [0.3, 0.4) is 0 Å². The van der Waals surface area contributed by atoms with Gasteiger partial charge in [0.2, 0.25) is 0 Å². The van der Waals surface area contributed by atoms with Gasteiger partial charge >= 0.3 is 0 Å². The molecule has 1 heterocycles. The van der Waals surface area contributed by atoms with Crippen LogP contribution in [0.25, 0.3) is 10.2 Å². The largest absolute Gasteiger partial charge is 0.493 e. The van der Waals surface area contributed by atoms with Crippen LogP contribution >= 0.6 is 11.3 Å². The molecule has 0 spiro atoms. The van der Waals surface area contributed by atoms with Crippen LogP contribution < -0.4 is 19.0 Å². The van der Waals surface area contributed by atoms with Gasteiger partial charge in [0.05, 0.1) is 24.4 Å². The predicted octanol–water partition coefficient (Wildman–Crippen LogP) is 3.72. The van der Waals surface area contributed by atoms with E-state index in [1.165, 1.54) is 11.3 Å². The van der Waals surface area contributed by atoms with Gasteiger partial charge < -0.3 is 18.8 Å². The summed E-state index contributed by atoms with van der Waals surface area (Å²) in [5.74, 6) is 1.52. The summed E-state index contributed by atoms with van der Waals surface area (Å²) in [5, 5.41) is 0. The average Bonchev–Trinajstić information content (AvgIpc) is 3.02. The van der Waals surface area contributed by atoms with Crippen LogP contribution in [0, 0.1) is 6.92 Å². The molecule has 0 saturated heterocycles. The lowest BCUT2D eigenvalue weighted by molar-refractivity contribution is -0.120. The van der Waals surface area contributed by atoms with Gasteiger partial charge in [-0.3, -0.25) is 4.79 Å². The minimum absolute atomic E-state index is 0.127. The zero-order valence-corrected chi connectivity index (χ0v) is 16.9. The molecule has 0 radical (unpaired) electrons. The summed E-state index contributed by atoms with van der Waals surface area (Å²) >= 11 is 1.40. The SMILES string of the molecule is C=CCn1c(=NC(=O)COc2ccc(C)cc2)sc2cc(OC)c(OC)cc21. The quantitative estimate of drug-likeness (QED) is 0.569. The van der Waals surface area contributed by atoms with Crippen molar-refractivity contribution in [3.63, 3.8) is 0 Å². The molecule has 0 atom stereocenters. The van der Waals surface area contributed by atoms with Crippen LogP contribution in [0.4, 0.5) is 0 Å². The van der Waals surface area contributed by atoms with E-state index in [9.17, 15) is 4.79 Å². The van der Waals surface area contributed by atoms with Crippen molar-refractivity contribution in [3.8, 4) is 17.2 Å². The fourth-order valence-corrected chi connectivity index (χ4v) is 3.77. The molecule has 0 aliphatic heterocycles. The molecule has 0 saturated carbocycles. The number of aryl methyl sites for hydroxylation is 1. The fraction of sp³-hybridized carbons (Fsp3) is 0.238. The number of amides is 1. The van der Waals surface area contributed by atoms with Crippen LogP contribution in [0.2, 0.25) is 0 Å². The minimum Gasteiger partial charge on any atom is -0.493 e. The number of benzene rings is 2. The Morgan fingerprint density at radius 2 is 1.86 bits per heavy atom. The first-order chi connectivity index (χ1) is 13.5. The second-order valence-electron chi connectivity index (χ2n) is 6.07. The highest BCUT2D eigenvalue weighted by Crippen LogP contribution is 2.33. The molecule has 0 aliphatic carbocycles. The number of ether oxygens (including phenoxy) is 3. The minimum atomic E-state index is -0.358. The Balaban J connectivity index is 1.93. The number of carbonyl (C=O) groups excluding carboxylic acids is 1. The smallest absolute Gasteiger partial charge is 0.286 e. The Bertz CT molecular complexity index is 1060. The molecular formula is C21H22N2O4S. The van der Waals surface area contributed by atoms with Gasteiger partial charge in [0, 0.05) is 18.7 Å².